The van der Waals surface area contributed by atoms with Gasteiger partial charge in [0.15, 0.2) is 5.82 Å². The molecule has 2 unspecified atom stereocenters. The van der Waals surface area contributed by atoms with E-state index < -0.39 is 6.10 Å². The highest BCUT2D eigenvalue weighted by Crippen LogP contribution is 2.26. The first kappa shape index (κ1) is 15.4. The summed E-state index contributed by atoms with van der Waals surface area (Å²) in [5, 5.41) is 14.3. The summed E-state index contributed by atoms with van der Waals surface area (Å²) in [6, 6.07) is 7.64. The van der Waals surface area contributed by atoms with E-state index in [9.17, 15) is 5.11 Å². The number of halogens is 1. The van der Waals surface area contributed by atoms with Gasteiger partial charge in [-0.3, -0.25) is 0 Å². The molecule has 4 nitrogen and oxygen atoms in total. The average molecular weight is 313 g/mol. The van der Waals surface area contributed by atoms with Crippen LogP contribution in [0.3, 0.4) is 0 Å². The molecule has 1 heterocycles. The summed E-state index contributed by atoms with van der Waals surface area (Å²) in [5.74, 6) is 1.64. The predicted molar refractivity (Wildman–Crippen MR) is 80.0 cm³/mol. The Kier molecular flexibility index (Phi) is 5.46. The normalized spacial score (nSPS) is 14.2. The maximum absolute atomic E-state index is 9.67. The van der Waals surface area contributed by atoms with Crippen LogP contribution < -0.4 is 0 Å². The van der Waals surface area contributed by atoms with E-state index in [1.165, 1.54) is 0 Å². The number of aliphatic hydroxyl groups excluding tert-OH is 1. The number of aliphatic hydroxyl groups is 1. The summed E-state index contributed by atoms with van der Waals surface area (Å²) in [6.45, 7) is 3.72. The first-order chi connectivity index (χ1) is 9.60. The molecule has 6 heteroatoms. The van der Waals surface area contributed by atoms with E-state index in [2.05, 4.69) is 10.1 Å². The topological polar surface area (TPSA) is 59.2 Å². The summed E-state index contributed by atoms with van der Waals surface area (Å²) in [7, 11) is 0. The molecule has 1 aromatic carbocycles. The third-order valence-electron chi connectivity index (χ3n) is 2.99. The van der Waals surface area contributed by atoms with Crippen molar-refractivity contribution in [1.29, 1.82) is 0 Å². The molecule has 0 saturated heterocycles. The number of hydrogen-bond acceptors (Lipinski definition) is 5. The minimum atomic E-state index is -0.492. The van der Waals surface area contributed by atoms with Gasteiger partial charge in [-0.05, 0) is 31.5 Å². The Labute approximate surface area is 127 Å². The van der Waals surface area contributed by atoms with Crippen molar-refractivity contribution in [2.45, 2.75) is 42.9 Å². The van der Waals surface area contributed by atoms with E-state index in [-0.39, 0.29) is 5.92 Å². The van der Waals surface area contributed by atoms with E-state index in [1.807, 2.05) is 31.2 Å². The van der Waals surface area contributed by atoms with Crippen molar-refractivity contribution >= 4 is 23.4 Å². The molecule has 0 spiro atoms. The number of thioether (sulfide) groups is 1. The second kappa shape index (κ2) is 7.11. The third kappa shape index (κ3) is 3.98. The molecule has 2 rings (SSSR count). The molecule has 2 aromatic rings. The van der Waals surface area contributed by atoms with Crippen LogP contribution in [0.2, 0.25) is 5.02 Å². The summed E-state index contributed by atoms with van der Waals surface area (Å²) in [4.78, 5) is 5.41. The zero-order valence-corrected chi connectivity index (χ0v) is 13.0. The molecule has 0 fully saturated rings. The van der Waals surface area contributed by atoms with Crippen molar-refractivity contribution < 1.29 is 9.63 Å². The predicted octanol–water partition coefficient (Wildman–Crippen LogP) is 3.89. The van der Waals surface area contributed by atoms with Crippen LogP contribution in [0, 0.1) is 0 Å². The fourth-order valence-corrected chi connectivity index (χ4v) is 2.96. The highest BCUT2D eigenvalue weighted by atomic mass is 35.5. The number of rotatable bonds is 6. The number of nitrogens with zero attached hydrogens (tertiary/aromatic N) is 2. The zero-order valence-electron chi connectivity index (χ0n) is 11.4. The van der Waals surface area contributed by atoms with Gasteiger partial charge in [0.25, 0.3) is 0 Å². The van der Waals surface area contributed by atoms with Crippen LogP contribution in [-0.2, 0) is 5.75 Å². The van der Waals surface area contributed by atoms with Crippen LogP contribution in [-0.4, -0.2) is 21.4 Å². The lowest BCUT2D eigenvalue weighted by Gasteiger charge is -2.12. The van der Waals surface area contributed by atoms with Crippen LogP contribution in [0.1, 0.15) is 37.9 Å². The van der Waals surface area contributed by atoms with Crippen molar-refractivity contribution in [3.8, 4) is 0 Å². The van der Waals surface area contributed by atoms with Gasteiger partial charge in [0, 0.05) is 9.92 Å². The lowest BCUT2D eigenvalue weighted by Crippen LogP contribution is -2.14. The molecule has 0 aliphatic rings. The minimum Gasteiger partial charge on any atom is -0.393 e. The van der Waals surface area contributed by atoms with Crippen LogP contribution >= 0.6 is 23.4 Å². The molecule has 0 radical (unpaired) electrons. The molecule has 0 amide bonds. The molecule has 108 valence electrons. The van der Waals surface area contributed by atoms with Crippen LogP contribution in [0.25, 0.3) is 0 Å². The number of aromatic nitrogens is 2. The number of benzene rings is 1. The Hall–Kier alpha value is -1.04. The van der Waals surface area contributed by atoms with Gasteiger partial charge in [-0.15, -0.1) is 11.8 Å². The fourth-order valence-electron chi connectivity index (χ4n) is 1.90. The minimum absolute atomic E-state index is 0.104. The van der Waals surface area contributed by atoms with Gasteiger partial charge >= 0.3 is 0 Å². The molecule has 0 aliphatic heterocycles. The van der Waals surface area contributed by atoms with Crippen LogP contribution in [0.5, 0.6) is 0 Å². The lowest BCUT2D eigenvalue weighted by atomic mass is 10.0. The first-order valence-corrected chi connectivity index (χ1v) is 7.85. The second-order valence-corrected chi connectivity index (χ2v) is 6.04. The molecule has 1 aromatic heterocycles. The number of hydrogen-bond donors (Lipinski definition) is 1. The summed E-state index contributed by atoms with van der Waals surface area (Å²) >= 11 is 7.53. The Balaban J connectivity index is 1.99. The van der Waals surface area contributed by atoms with Gasteiger partial charge in [-0.2, -0.15) is 4.98 Å². The largest absolute Gasteiger partial charge is 0.393 e. The fraction of sp³-hybridized carbons (Fsp3) is 0.429. The maximum Gasteiger partial charge on any atom is 0.232 e. The first-order valence-electron chi connectivity index (χ1n) is 6.49. The quantitative estimate of drug-likeness (QED) is 0.820. The average Bonchev–Trinajstić information content (AvgIpc) is 2.85. The van der Waals surface area contributed by atoms with Crippen molar-refractivity contribution in [1.82, 2.24) is 10.1 Å². The van der Waals surface area contributed by atoms with E-state index in [0.29, 0.717) is 22.5 Å². The van der Waals surface area contributed by atoms with Gasteiger partial charge in [0.2, 0.25) is 5.89 Å². The zero-order chi connectivity index (χ0) is 14.5. The standard InChI is InChI=1S/C14H17ClN2O2S/c1-3-12(9(2)18)14-16-13(17-19-14)8-20-11-6-4-5-10(15)7-11/h4-7,9,12,18H,3,8H2,1-2H3. The molecule has 0 aliphatic carbocycles. The smallest absolute Gasteiger partial charge is 0.232 e. The van der Waals surface area contributed by atoms with Gasteiger partial charge in [-0.1, -0.05) is 29.7 Å². The molecule has 0 bridgehead atoms. The van der Waals surface area contributed by atoms with E-state index in [0.717, 1.165) is 11.3 Å². The van der Waals surface area contributed by atoms with Crippen molar-refractivity contribution in [3.05, 3.63) is 41.0 Å². The van der Waals surface area contributed by atoms with Gasteiger partial charge in [0.1, 0.15) is 0 Å². The highest BCUT2D eigenvalue weighted by Gasteiger charge is 2.21. The summed E-state index contributed by atoms with van der Waals surface area (Å²) in [5.41, 5.74) is 0. The molecule has 20 heavy (non-hydrogen) atoms. The Morgan fingerprint density at radius 2 is 2.25 bits per heavy atom. The van der Waals surface area contributed by atoms with Crippen LogP contribution in [0.4, 0.5) is 0 Å². The maximum atomic E-state index is 9.67. The Morgan fingerprint density at radius 1 is 1.45 bits per heavy atom. The van der Waals surface area contributed by atoms with E-state index in [1.54, 1.807) is 18.7 Å². The van der Waals surface area contributed by atoms with Gasteiger partial charge in [0.05, 0.1) is 17.8 Å². The third-order valence-corrected chi connectivity index (χ3v) is 4.21. The molecular formula is C14H17ClN2O2S. The Morgan fingerprint density at radius 3 is 2.90 bits per heavy atom. The molecule has 2 atom stereocenters. The van der Waals surface area contributed by atoms with Gasteiger partial charge in [-0.25, -0.2) is 0 Å². The van der Waals surface area contributed by atoms with Crippen molar-refractivity contribution in [2.75, 3.05) is 0 Å². The lowest BCUT2D eigenvalue weighted by molar-refractivity contribution is 0.141. The van der Waals surface area contributed by atoms with Gasteiger partial charge < -0.3 is 9.63 Å². The Bertz CT molecular complexity index is 560. The molecule has 0 saturated carbocycles. The van der Waals surface area contributed by atoms with Crippen LogP contribution in [0.15, 0.2) is 33.7 Å². The van der Waals surface area contributed by atoms with Crippen molar-refractivity contribution in [2.24, 2.45) is 0 Å². The molecule has 1 N–H and O–H groups in total. The second-order valence-electron chi connectivity index (χ2n) is 4.55. The van der Waals surface area contributed by atoms with E-state index in [4.69, 9.17) is 16.1 Å². The van der Waals surface area contributed by atoms with Crippen molar-refractivity contribution in [3.63, 3.8) is 0 Å². The summed E-state index contributed by atoms with van der Waals surface area (Å²) < 4.78 is 5.23. The highest BCUT2D eigenvalue weighted by molar-refractivity contribution is 7.98. The summed E-state index contributed by atoms with van der Waals surface area (Å²) in [6.07, 6.45) is 0.273. The SMILES string of the molecule is CCC(c1nc(CSc2cccc(Cl)c2)no1)C(C)O. The molecular weight excluding hydrogens is 296 g/mol. The monoisotopic (exact) mass is 312 g/mol. The van der Waals surface area contributed by atoms with E-state index >= 15 is 0 Å².